The van der Waals surface area contributed by atoms with E-state index in [2.05, 4.69) is 26.8 Å². The molecule has 6 rings (SSSR count). The Morgan fingerprint density at radius 3 is 2.58 bits per heavy atom. The van der Waals surface area contributed by atoms with Gasteiger partial charge < -0.3 is 10.2 Å². The fourth-order valence-corrected chi connectivity index (χ4v) is 5.93. The lowest BCUT2D eigenvalue weighted by Gasteiger charge is -2.49. The highest BCUT2D eigenvalue weighted by molar-refractivity contribution is 5.93. The number of pyridine rings is 1. The first-order valence-electron chi connectivity index (χ1n) is 15.0. The van der Waals surface area contributed by atoms with Gasteiger partial charge >= 0.3 is 6.03 Å². The summed E-state index contributed by atoms with van der Waals surface area (Å²) < 4.78 is 16.1. The molecule has 2 aliphatic rings. The monoisotopic (exact) mass is 603 g/mol. The Balaban J connectivity index is 1.38. The summed E-state index contributed by atoms with van der Waals surface area (Å²) in [7, 11) is 1.86. The topological polar surface area (TPSA) is 114 Å². The van der Waals surface area contributed by atoms with E-state index in [1.165, 1.54) is 18.3 Å². The molecule has 0 spiro atoms. The molecule has 1 aliphatic carbocycles. The number of anilines is 2. The Kier molecular flexibility index (Phi) is 8.66. The van der Waals surface area contributed by atoms with Crippen molar-refractivity contribution in [2.75, 3.05) is 9.80 Å². The van der Waals surface area contributed by atoms with Crippen molar-refractivity contribution in [1.29, 1.82) is 5.26 Å². The molecule has 45 heavy (non-hydrogen) atoms. The van der Waals surface area contributed by atoms with Gasteiger partial charge in [-0.05, 0) is 61.6 Å². The zero-order chi connectivity index (χ0) is 31.2. The van der Waals surface area contributed by atoms with E-state index >= 15 is 0 Å². The largest absolute Gasteiger partial charge is 0.334 e. The molecule has 0 radical (unpaired) electrons. The Bertz CT molecular complexity index is 1740. The van der Waals surface area contributed by atoms with Crippen LogP contribution in [0.15, 0.2) is 102 Å². The minimum Gasteiger partial charge on any atom is -0.334 e. The van der Waals surface area contributed by atoms with E-state index in [4.69, 9.17) is 4.98 Å². The maximum atomic E-state index is 14.4. The Labute approximate surface area is 261 Å². The summed E-state index contributed by atoms with van der Waals surface area (Å²) in [5.74, 6) is 0.0767. The lowest BCUT2D eigenvalue weighted by molar-refractivity contribution is 0.188. The number of nitrogens with one attached hydrogen (secondary N) is 2. The Morgan fingerprint density at radius 1 is 1.07 bits per heavy atom. The molecule has 0 saturated heterocycles. The summed E-state index contributed by atoms with van der Waals surface area (Å²) in [4.78, 5) is 27.2. The van der Waals surface area contributed by atoms with Crippen molar-refractivity contribution >= 4 is 23.8 Å². The van der Waals surface area contributed by atoms with E-state index in [9.17, 15) is 14.4 Å². The molecule has 1 fully saturated rings. The normalized spacial score (nSPS) is 17.3. The highest BCUT2D eigenvalue weighted by Gasteiger charge is 2.45. The van der Waals surface area contributed by atoms with Crippen LogP contribution in [0, 0.1) is 17.1 Å². The number of hydrogen-bond donors (Lipinski definition) is 2. The molecule has 2 aromatic carbocycles. The zero-order valence-corrected chi connectivity index (χ0v) is 25.0. The summed E-state index contributed by atoms with van der Waals surface area (Å²) in [6, 6.07) is 21.5. The number of aromatic nitrogens is 3. The SMILES string of the molecule is Cn1cc(-c2ccc(N(C(=O)NCc3ccccc3)C3(NC4N=CC(C#N)=CN4c4cccc(F)c4)CCCCC3)nc2)cn1. The van der Waals surface area contributed by atoms with Gasteiger partial charge in [-0.1, -0.05) is 42.8 Å². The van der Waals surface area contributed by atoms with Gasteiger partial charge in [-0.25, -0.2) is 14.2 Å². The first-order chi connectivity index (χ1) is 21.9. The lowest BCUT2D eigenvalue weighted by Crippen LogP contribution is -2.68. The molecule has 10 nitrogen and oxygen atoms in total. The molecule has 11 heteroatoms. The van der Waals surface area contributed by atoms with E-state index in [1.54, 1.807) is 45.2 Å². The van der Waals surface area contributed by atoms with Gasteiger partial charge in [-0.3, -0.25) is 19.9 Å². The third kappa shape index (κ3) is 6.61. The number of nitriles is 1. The molecule has 228 valence electrons. The number of hydrogen-bond acceptors (Lipinski definition) is 7. The second-order valence-corrected chi connectivity index (χ2v) is 11.3. The van der Waals surface area contributed by atoms with Crippen molar-refractivity contribution in [3.8, 4) is 17.2 Å². The Hall–Kier alpha value is -5.34. The summed E-state index contributed by atoms with van der Waals surface area (Å²) in [5.41, 5.74) is 2.74. The van der Waals surface area contributed by atoms with Crippen LogP contribution in [0.2, 0.25) is 0 Å². The predicted molar refractivity (Wildman–Crippen MR) is 171 cm³/mol. The molecule has 0 bridgehead atoms. The molecule has 1 unspecified atom stereocenters. The highest BCUT2D eigenvalue weighted by atomic mass is 19.1. The molecule has 2 amide bonds. The van der Waals surface area contributed by atoms with Gasteiger partial charge in [0.05, 0.1) is 11.8 Å². The van der Waals surface area contributed by atoms with Gasteiger partial charge in [0.15, 0.2) is 6.29 Å². The van der Waals surface area contributed by atoms with Gasteiger partial charge in [0.25, 0.3) is 0 Å². The summed E-state index contributed by atoms with van der Waals surface area (Å²) in [5, 5.41) is 20.7. The Morgan fingerprint density at radius 2 is 1.89 bits per heavy atom. The fraction of sp³-hybridized carbons (Fsp3) is 0.265. The van der Waals surface area contributed by atoms with Crippen molar-refractivity contribution in [3.63, 3.8) is 0 Å². The first-order valence-corrected chi connectivity index (χ1v) is 15.0. The van der Waals surface area contributed by atoms with E-state index in [0.717, 1.165) is 36.0 Å². The number of halogens is 1. The van der Waals surface area contributed by atoms with Gasteiger partial charge in [0.1, 0.15) is 23.4 Å². The number of rotatable bonds is 8. The number of benzene rings is 2. The third-order valence-electron chi connectivity index (χ3n) is 8.14. The van der Waals surface area contributed by atoms with Crippen LogP contribution in [0.1, 0.15) is 37.7 Å². The molecule has 4 aromatic rings. The first kappa shape index (κ1) is 29.7. The third-order valence-corrected chi connectivity index (χ3v) is 8.14. The standard InChI is InChI=1S/C34H34FN9O/c1-42-24-28(22-40-42)27-13-14-31(37-21-27)44(33(45)39-19-25-9-4-2-5-10-25)34(15-6-3-7-16-34)41-32-38-20-26(18-36)23-43(32)30-12-8-11-29(35)17-30/h2,4-5,8-14,17,20-24,32,41H,3,6-7,15-16,19H2,1H3,(H,39,45). The molecular formula is C34H34FN9O. The van der Waals surface area contributed by atoms with E-state index in [1.807, 2.05) is 55.7 Å². The number of nitrogens with zero attached hydrogens (tertiary/aromatic N) is 7. The maximum absolute atomic E-state index is 14.4. The zero-order valence-electron chi connectivity index (χ0n) is 25.0. The van der Waals surface area contributed by atoms with Crippen molar-refractivity contribution < 1.29 is 9.18 Å². The number of aryl methyl sites for hydroxylation is 1. The van der Waals surface area contributed by atoms with Crippen LogP contribution in [0.5, 0.6) is 0 Å². The molecule has 2 aromatic heterocycles. The van der Waals surface area contributed by atoms with Crippen molar-refractivity contribution in [2.45, 2.75) is 50.6 Å². The number of urea groups is 1. The van der Waals surface area contributed by atoms with Gasteiger partial charge in [-0.2, -0.15) is 10.4 Å². The second-order valence-electron chi connectivity index (χ2n) is 11.3. The summed E-state index contributed by atoms with van der Waals surface area (Å²) >= 11 is 0. The number of carbonyl (C=O) groups is 1. The van der Waals surface area contributed by atoms with Gasteiger partial charge in [0, 0.05) is 55.2 Å². The van der Waals surface area contributed by atoms with Gasteiger partial charge in [0.2, 0.25) is 0 Å². The van der Waals surface area contributed by atoms with Crippen LogP contribution >= 0.6 is 0 Å². The molecule has 1 atom stereocenters. The van der Waals surface area contributed by atoms with Crippen LogP contribution in [0.25, 0.3) is 11.1 Å². The summed E-state index contributed by atoms with van der Waals surface area (Å²) in [6.07, 6.45) is 11.9. The quantitative estimate of drug-likeness (QED) is 0.244. The van der Waals surface area contributed by atoms with Crippen LogP contribution in [0.4, 0.5) is 20.7 Å². The lowest BCUT2D eigenvalue weighted by atomic mass is 9.87. The van der Waals surface area contributed by atoms with Crippen molar-refractivity contribution in [3.05, 3.63) is 108 Å². The minimum absolute atomic E-state index is 0.305. The van der Waals surface area contributed by atoms with Gasteiger partial charge in [-0.15, -0.1) is 0 Å². The van der Waals surface area contributed by atoms with E-state index in [0.29, 0.717) is 36.5 Å². The average Bonchev–Trinajstić information content (AvgIpc) is 3.51. The molecule has 2 N–H and O–H groups in total. The second kappa shape index (κ2) is 13.1. The molecule has 3 heterocycles. The maximum Gasteiger partial charge on any atom is 0.324 e. The summed E-state index contributed by atoms with van der Waals surface area (Å²) in [6.45, 7) is 0.339. The molecular weight excluding hydrogens is 569 g/mol. The number of allylic oxidation sites excluding steroid dienone is 1. The van der Waals surface area contributed by atoms with E-state index < -0.39 is 17.8 Å². The predicted octanol–water partition coefficient (Wildman–Crippen LogP) is 5.87. The van der Waals surface area contributed by atoms with E-state index in [-0.39, 0.29) is 6.03 Å². The van der Waals surface area contributed by atoms with Crippen LogP contribution in [0.3, 0.4) is 0 Å². The minimum atomic E-state index is -0.895. The fourth-order valence-electron chi connectivity index (χ4n) is 5.93. The number of carbonyl (C=O) groups excluding carboxylic acids is 1. The average molecular weight is 604 g/mol. The molecule has 1 aliphatic heterocycles. The number of amides is 2. The van der Waals surface area contributed by atoms with Crippen LogP contribution < -0.4 is 20.4 Å². The van der Waals surface area contributed by atoms with Crippen molar-refractivity contribution in [2.24, 2.45) is 12.0 Å². The smallest absolute Gasteiger partial charge is 0.324 e. The molecule has 1 saturated carbocycles. The number of aliphatic imine (C=N–C) groups is 1. The van der Waals surface area contributed by atoms with Crippen molar-refractivity contribution in [1.82, 2.24) is 25.4 Å². The highest BCUT2D eigenvalue weighted by Crippen LogP contribution is 2.37. The van der Waals surface area contributed by atoms with Crippen LogP contribution in [-0.2, 0) is 13.6 Å². The van der Waals surface area contributed by atoms with Crippen LogP contribution in [-0.4, -0.2) is 39.0 Å².